The predicted molar refractivity (Wildman–Crippen MR) is 118 cm³/mol. The van der Waals surface area contributed by atoms with Gasteiger partial charge in [-0.2, -0.15) is 0 Å². The Labute approximate surface area is 178 Å². The van der Waals surface area contributed by atoms with Gasteiger partial charge in [0.15, 0.2) is 11.5 Å². The topological polar surface area (TPSA) is 102 Å². The predicted octanol–water partition coefficient (Wildman–Crippen LogP) is 6.80. The minimum atomic E-state index is -0.553. The summed E-state index contributed by atoms with van der Waals surface area (Å²) < 4.78 is 0. The number of carbonyl (C=O) groups is 1. The van der Waals surface area contributed by atoms with Crippen molar-refractivity contribution in [1.29, 1.82) is 0 Å². The Morgan fingerprint density at radius 2 is 1.43 bits per heavy atom. The van der Waals surface area contributed by atoms with Crippen molar-refractivity contribution in [2.24, 2.45) is 10.2 Å². The number of nitrogens with zero attached hydrogens (tertiary/aromatic N) is 2. The maximum Gasteiger partial charge on any atom is 0.295 e. The number of carbonyl (C=O) groups excluding carboxylic acids is 1. The second-order valence-corrected chi connectivity index (χ2v) is 7.54. The third-order valence-corrected chi connectivity index (χ3v) is 5.13. The molecular weight excluding hydrogens is 380 g/mol. The first-order valence-electron chi connectivity index (χ1n) is 10.8. The van der Waals surface area contributed by atoms with Crippen LogP contribution in [-0.2, 0) is 6.42 Å². The molecule has 0 heterocycles. The quantitative estimate of drug-likeness (QED) is 0.154. The number of amides is 1. The van der Waals surface area contributed by atoms with Gasteiger partial charge >= 0.3 is 0 Å². The van der Waals surface area contributed by atoms with Gasteiger partial charge in [-0.1, -0.05) is 76.5 Å². The SMILES string of the molecule is CCCCCCCCCCCc1c(O)c(O)cc(N=NC(=O)c2ccccc2)c1O. The number of hydrogen-bond acceptors (Lipinski definition) is 5. The Hall–Kier alpha value is -2.89. The summed E-state index contributed by atoms with van der Waals surface area (Å²) in [6.45, 7) is 2.21. The van der Waals surface area contributed by atoms with E-state index >= 15 is 0 Å². The minimum Gasteiger partial charge on any atom is -0.505 e. The van der Waals surface area contributed by atoms with Gasteiger partial charge in [-0.25, -0.2) is 0 Å². The fraction of sp³-hybridized carbons (Fsp3) is 0.458. The zero-order valence-electron chi connectivity index (χ0n) is 17.7. The van der Waals surface area contributed by atoms with Crippen molar-refractivity contribution in [3.63, 3.8) is 0 Å². The number of aromatic hydroxyl groups is 3. The third-order valence-electron chi connectivity index (χ3n) is 5.13. The lowest BCUT2D eigenvalue weighted by atomic mass is 10.0. The molecule has 0 fully saturated rings. The van der Waals surface area contributed by atoms with Crippen LogP contribution in [0.1, 0.15) is 80.6 Å². The summed E-state index contributed by atoms with van der Waals surface area (Å²) in [6, 6.07) is 9.56. The monoisotopic (exact) mass is 412 g/mol. The van der Waals surface area contributed by atoms with E-state index in [4.69, 9.17) is 0 Å². The van der Waals surface area contributed by atoms with Crippen molar-refractivity contribution in [2.45, 2.75) is 71.1 Å². The molecule has 2 aromatic rings. The summed E-state index contributed by atoms with van der Waals surface area (Å²) in [5, 5.41) is 38.0. The Morgan fingerprint density at radius 3 is 2.07 bits per heavy atom. The van der Waals surface area contributed by atoms with Crippen LogP contribution in [0, 0.1) is 0 Å². The molecule has 2 rings (SSSR count). The first kappa shape index (κ1) is 23.4. The van der Waals surface area contributed by atoms with E-state index in [1.54, 1.807) is 30.3 Å². The lowest BCUT2D eigenvalue weighted by Gasteiger charge is -2.11. The smallest absolute Gasteiger partial charge is 0.295 e. The zero-order valence-corrected chi connectivity index (χ0v) is 17.7. The highest BCUT2D eigenvalue weighted by atomic mass is 16.3. The maximum atomic E-state index is 12.1. The van der Waals surface area contributed by atoms with Crippen LogP contribution < -0.4 is 0 Å². The molecule has 0 bridgehead atoms. The molecule has 2 aromatic carbocycles. The highest BCUT2D eigenvalue weighted by molar-refractivity contribution is 5.94. The van der Waals surface area contributed by atoms with Crippen LogP contribution in [0.15, 0.2) is 46.6 Å². The average Bonchev–Trinajstić information content (AvgIpc) is 2.76. The van der Waals surface area contributed by atoms with Gasteiger partial charge in [0.05, 0.1) is 0 Å². The number of unbranched alkanes of at least 4 members (excludes halogenated alkanes) is 8. The lowest BCUT2D eigenvalue weighted by molar-refractivity contribution is 0.0995. The van der Waals surface area contributed by atoms with E-state index in [9.17, 15) is 20.1 Å². The summed E-state index contributed by atoms with van der Waals surface area (Å²) in [5.74, 6) is -1.54. The van der Waals surface area contributed by atoms with Crippen molar-refractivity contribution in [1.82, 2.24) is 0 Å². The van der Waals surface area contributed by atoms with Gasteiger partial charge in [-0.3, -0.25) is 4.79 Å². The minimum absolute atomic E-state index is 0.0412. The van der Waals surface area contributed by atoms with Gasteiger partial charge in [-0.15, -0.1) is 10.2 Å². The first-order chi connectivity index (χ1) is 14.5. The fourth-order valence-electron chi connectivity index (χ4n) is 3.35. The second kappa shape index (κ2) is 12.6. The Bertz CT molecular complexity index is 835. The molecule has 3 N–H and O–H groups in total. The molecule has 0 aliphatic rings. The molecule has 1 amide bonds. The molecule has 0 radical (unpaired) electrons. The van der Waals surface area contributed by atoms with E-state index in [1.165, 1.54) is 38.5 Å². The van der Waals surface area contributed by atoms with Gasteiger partial charge in [0, 0.05) is 17.2 Å². The molecule has 30 heavy (non-hydrogen) atoms. The fourth-order valence-corrected chi connectivity index (χ4v) is 3.35. The standard InChI is InChI=1S/C24H32N2O4/c1-2-3-4-5-6-7-8-9-13-16-19-22(28)20(17-21(27)23(19)29)25-26-24(30)18-14-11-10-12-15-18/h10-12,14-15,17,27-29H,2-9,13,16H2,1H3. The Kier molecular flexibility index (Phi) is 9.84. The summed E-state index contributed by atoms with van der Waals surface area (Å²) in [6.07, 6.45) is 10.8. The van der Waals surface area contributed by atoms with Crippen LogP contribution in [0.4, 0.5) is 5.69 Å². The molecule has 0 unspecified atom stereocenters. The molecule has 162 valence electrons. The molecule has 0 saturated carbocycles. The highest BCUT2D eigenvalue weighted by Gasteiger charge is 2.17. The van der Waals surface area contributed by atoms with Crippen molar-refractivity contribution < 1.29 is 20.1 Å². The van der Waals surface area contributed by atoms with E-state index in [-0.39, 0.29) is 28.5 Å². The summed E-state index contributed by atoms with van der Waals surface area (Å²) in [5.41, 5.74) is 0.568. The van der Waals surface area contributed by atoms with E-state index in [1.807, 2.05) is 0 Å². The highest BCUT2D eigenvalue weighted by Crippen LogP contribution is 2.43. The van der Waals surface area contributed by atoms with E-state index in [0.29, 0.717) is 12.0 Å². The van der Waals surface area contributed by atoms with Crippen molar-refractivity contribution in [3.05, 3.63) is 47.5 Å². The Morgan fingerprint density at radius 1 is 0.833 bits per heavy atom. The number of benzene rings is 2. The first-order valence-corrected chi connectivity index (χ1v) is 10.8. The Balaban J connectivity index is 1.92. The van der Waals surface area contributed by atoms with Gasteiger partial charge in [0.25, 0.3) is 5.91 Å². The molecule has 0 aliphatic heterocycles. The molecule has 6 nitrogen and oxygen atoms in total. The number of hydrogen-bond donors (Lipinski definition) is 3. The van der Waals surface area contributed by atoms with Crippen LogP contribution in [0.25, 0.3) is 0 Å². The lowest BCUT2D eigenvalue weighted by Crippen LogP contribution is -1.93. The molecule has 0 aliphatic carbocycles. The number of rotatable bonds is 12. The van der Waals surface area contributed by atoms with Crippen LogP contribution in [0.3, 0.4) is 0 Å². The van der Waals surface area contributed by atoms with Crippen LogP contribution >= 0.6 is 0 Å². The molecular formula is C24H32N2O4. The van der Waals surface area contributed by atoms with Crippen molar-refractivity contribution in [2.75, 3.05) is 0 Å². The normalized spacial score (nSPS) is 11.2. The van der Waals surface area contributed by atoms with Gasteiger partial charge in [-0.05, 0) is 25.0 Å². The van der Waals surface area contributed by atoms with Crippen LogP contribution in [-0.4, -0.2) is 21.2 Å². The average molecular weight is 413 g/mol. The van der Waals surface area contributed by atoms with Crippen molar-refractivity contribution in [3.8, 4) is 17.2 Å². The van der Waals surface area contributed by atoms with Gasteiger partial charge in [0.1, 0.15) is 11.4 Å². The maximum absolute atomic E-state index is 12.1. The van der Waals surface area contributed by atoms with Gasteiger partial charge in [0.2, 0.25) is 0 Å². The molecule has 0 atom stereocenters. The number of phenolic OH excluding ortho intramolecular Hbond substituents is 3. The van der Waals surface area contributed by atoms with E-state index in [0.717, 1.165) is 25.3 Å². The third kappa shape index (κ3) is 7.17. The summed E-state index contributed by atoms with van der Waals surface area (Å²) >= 11 is 0. The van der Waals surface area contributed by atoms with Crippen LogP contribution in [0.5, 0.6) is 17.2 Å². The number of phenols is 3. The van der Waals surface area contributed by atoms with Gasteiger partial charge < -0.3 is 15.3 Å². The molecule has 0 aromatic heterocycles. The second-order valence-electron chi connectivity index (χ2n) is 7.54. The van der Waals surface area contributed by atoms with Crippen LogP contribution in [0.2, 0.25) is 0 Å². The van der Waals surface area contributed by atoms with E-state index in [2.05, 4.69) is 17.2 Å². The van der Waals surface area contributed by atoms with Crippen molar-refractivity contribution >= 4 is 11.6 Å². The molecule has 0 saturated heterocycles. The largest absolute Gasteiger partial charge is 0.505 e. The summed E-state index contributed by atoms with van der Waals surface area (Å²) in [4.78, 5) is 12.1. The summed E-state index contributed by atoms with van der Waals surface area (Å²) in [7, 11) is 0. The number of azo groups is 1. The van der Waals surface area contributed by atoms with E-state index < -0.39 is 5.91 Å². The molecule has 6 heteroatoms. The molecule has 0 spiro atoms. The zero-order chi connectivity index (χ0) is 21.8.